The van der Waals surface area contributed by atoms with Crippen LogP contribution in [0, 0.1) is 0 Å². The first kappa shape index (κ1) is 21.0. The predicted molar refractivity (Wildman–Crippen MR) is 120 cm³/mol. The highest BCUT2D eigenvalue weighted by atomic mass is 16.2. The molecule has 1 aliphatic heterocycles. The number of rotatable bonds is 6. The molecule has 1 fully saturated rings. The molecule has 1 amide bonds. The lowest BCUT2D eigenvalue weighted by Crippen LogP contribution is -2.48. The van der Waals surface area contributed by atoms with Gasteiger partial charge in [-0.1, -0.05) is 42.5 Å². The molecule has 8 heteroatoms. The summed E-state index contributed by atoms with van der Waals surface area (Å²) in [5.41, 5.74) is 0.231. The molecule has 0 spiro atoms. The number of hydrogen-bond acceptors (Lipinski definition) is 5. The van der Waals surface area contributed by atoms with Crippen molar-refractivity contribution in [2.75, 3.05) is 39.8 Å². The second-order valence-corrected chi connectivity index (χ2v) is 8.01. The average molecular weight is 422 g/mol. The highest BCUT2D eigenvalue weighted by molar-refractivity contribution is 5.81. The van der Waals surface area contributed by atoms with Gasteiger partial charge in [0.2, 0.25) is 5.91 Å². The van der Waals surface area contributed by atoms with Gasteiger partial charge in [-0.15, -0.1) is 0 Å². The first-order valence-corrected chi connectivity index (χ1v) is 10.5. The van der Waals surface area contributed by atoms with Gasteiger partial charge in [-0.2, -0.15) is 0 Å². The largest absolute Gasteiger partial charge is 0.346 e. The Labute approximate surface area is 180 Å². The van der Waals surface area contributed by atoms with E-state index in [0.29, 0.717) is 17.3 Å². The number of nitrogens with one attached hydrogen (secondary N) is 2. The normalized spacial score (nSPS) is 16.3. The van der Waals surface area contributed by atoms with Crippen molar-refractivity contribution in [1.29, 1.82) is 0 Å². The lowest BCUT2D eigenvalue weighted by molar-refractivity contribution is -0.122. The summed E-state index contributed by atoms with van der Waals surface area (Å²) in [7, 11) is 2.11. The van der Waals surface area contributed by atoms with E-state index in [2.05, 4.69) is 27.3 Å². The maximum absolute atomic E-state index is 12.9. The molecule has 1 unspecified atom stereocenters. The minimum Gasteiger partial charge on any atom is -0.346 e. The number of nitrogens with zero attached hydrogens (tertiary/aromatic N) is 3. The van der Waals surface area contributed by atoms with Gasteiger partial charge in [0.25, 0.3) is 11.1 Å². The Morgan fingerprint density at radius 2 is 1.61 bits per heavy atom. The van der Waals surface area contributed by atoms with Crippen LogP contribution in [0.3, 0.4) is 0 Å². The standard InChI is InChI=1S/C23H27N5O3/c1-26-11-13-27(14-12-26)15-20(17-7-3-2-4-8-17)24-21(29)16-28-23(31)19-10-6-5-9-18(19)22(30)25-28/h2-10,20H,11-16H2,1H3,(H,24,29)(H,25,30). The number of fused-ring (bicyclic) bond motifs is 1. The molecule has 1 aromatic heterocycles. The fourth-order valence-electron chi connectivity index (χ4n) is 3.95. The predicted octanol–water partition coefficient (Wildman–Crippen LogP) is 0.795. The molecule has 0 saturated carbocycles. The summed E-state index contributed by atoms with van der Waals surface area (Å²) in [6, 6.07) is 16.2. The van der Waals surface area contributed by atoms with Crippen molar-refractivity contribution in [2.45, 2.75) is 12.6 Å². The van der Waals surface area contributed by atoms with Crippen molar-refractivity contribution in [3.63, 3.8) is 0 Å². The van der Waals surface area contributed by atoms with E-state index in [1.54, 1.807) is 24.3 Å². The molecule has 2 N–H and O–H groups in total. The quantitative estimate of drug-likeness (QED) is 0.614. The van der Waals surface area contributed by atoms with Crippen LogP contribution >= 0.6 is 0 Å². The molecule has 1 saturated heterocycles. The number of carbonyl (C=O) groups excluding carboxylic acids is 1. The van der Waals surface area contributed by atoms with Crippen molar-refractivity contribution in [2.24, 2.45) is 0 Å². The SMILES string of the molecule is CN1CCN(CC(NC(=O)Cn2[nH]c(=O)c3ccccc3c2=O)c2ccccc2)CC1. The average Bonchev–Trinajstić information content (AvgIpc) is 2.79. The molecule has 2 heterocycles. The van der Waals surface area contributed by atoms with Gasteiger partial charge >= 0.3 is 0 Å². The Balaban J connectivity index is 1.52. The van der Waals surface area contributed by atoms with E-state index < -0.39 is 0 Å². The zero-order chi connectivity index (χ0) is 21.8. The highest BCUT2D eigenvalue weighted by Gasteiger charge is 2.21. The van der Waals surface area contributed by atoms with Crippen LogP contribution in [0.5, 0.6) is 0 Å². The molecule has 1 atom stereocenters. The summed E-state index contributed by atoms with van der Waals surface area (Å²) < 4.78 is 1.08. The third kappa shape index (κ3) is 4.92. The number of H-pyrrole nitrogens is 1. The minimum absolute atomic E-state index is 0.208. The molecular weight excluding hydrogens is 394 g/mol. The monoisotopic (exact) mass is 421 g/mol. The maximum atomic E-state index is 12.9. The van der Waals surface area contributed by atoms with Crippen LogP contribution in [0.15, 0.2) is 64.2 Å². The summed E-state index contributed by atoms with van der Waals surface area (Å²) in [6.45, 7) is 4.30. The third-order valence-corrected chi connectivity index (χ3v) is 5.76. The van der Waals surface area contributed by atoms with E-state index in [1.165, 1.54) is 0 Å². The smallest absolute Gasteiger partial charge is 0.273 e. The van der Waals surface area contributed by atoms with Gasteiger partial charge in [0.1, 0.15) is 6.54 Å². The first-order chi connectivity index (χ1) is 15.0. The van der Waals surface area contributed by atoms with Gasteiger partial charge in [0, 0.05) is 32.7 Å². The molecule has 8 nitrogen and oxygen atoms in total. The fourth-order valence-corrected chi connectivity index (χ4v) is 3.95. The molecule has 162 valence electrons. The van der Waals surface area contributed by atoms with Crippen molar-refractivity contribution >= 4 is 16.7 Å². The molecule has 0 radical (unpaired) electrons. The van der Waals surface area contributed by atoms with Crippen molar-refractivity contribution in [1.82, 2.24) is 24.9 Å². The van der Waals surface area contributed by atoms with E-state index in [-0.39, 0.29) is 29.6 Å². The van der Waals surface area contributed by atoms with Gasteiger partial charge in [-0.05, 0) is 24.7 Å². The lowest BCUT2D eigenvalue weighted by atomic mass is 10.1. The van der Waals surface area contributed by atoms with Gasteiger partial charge in [0.05, 0.1) is 16.8 Å². The Kier molecular flexibility index (Phi) is 6.29. The lowest BCUT2D eigenvalue weighted by Gasteiger charge is -2.35. The Bertz CT molecular complexity index is 1160. The fraction of sp³-hybridized carbons (Fsp3) is 0.348. The summed E-state index contributed by atoms with van der Waals surface area (Å²) in [6.07, 6.45) is 0. The number of likely N-dealkylation sites (N-methyl/N-ethyl adjacent to an activating group) is 1. The number of aromatic nitrogens is 2. The number of piperazine rings is 1. The summed E-state index contributed by atoms with van der Waals surface area (Å²) in [5.74, 6) is -0.323. The third-order valence-electron chi connectivity index (χ3n) is 5.76. The van der Waals surface area contributed by atoms with E-state index in [1.807, 2.05) is 30.3 Å². The number of benzene rings is 2. The number of amides is 1. The second-order valence-electron chi connectivity index (χ2n) is 8.01. The first-order valence-electron chi connectivity index (χ1n) is 10.5. The molecule has 0 bridgehead atoms. The van der Waals surface area contributed by atoms with Crippen LogP contribution in [0.4, 0.5) is 0 Å². The second kappa shape index (κ2) is 9.28. The Morgan fingerprint density at radius 3 is 2.32 bits per heavy atom. The number of carbonyl (C=O) groups is 1. The van der Waals surface area contributed by atoms with Crippen LogP contribution in [0.25, 0.3) is 10.8 Å². The van der Waals surface area contributed by atoms with Crippen molar-refractivity contribution < 1.29 is 4.79 Å². The van der Waals surface area contributed by atoms with Crippen molar-refractivity contribution in [3.05, 3.63) is 80.9 Å². The van der Waals surface area contributed by atoms with E-state index >= 15 is 0 Å². The van der Waals surface area contributed by atoms with Gasteiger partial charge in [-0.25, -0.2) is 4.68 Å². The zero-order valence-electron chi connectivity index (χ0n) is 17.6. The van der Waals surface area contributed by atoms with Crippen LogP contribution in [-0.4, -0.2) is 65.3 Å². The zero-order valence-corrected chi connectivity index (χ0v) is 17.6. The summed E-state index contributed by atoms with van der Waals surface area (Å²) in [4.78, 5) is 42.5. The van der Waals surface area contributed by atoms with E-state index in [9.17, 15) is 14.4 Å². The van der Waals surface area contributed by atoms with Crippen molar-refractivity contribution in [3.8, 4) is 0 Å². The highest BCUT2D eigenvalue weighted by Crippen LogP contribution is 2.15. The van der Waals surface area contributed by atoms with Gasteiger partial charge in [-0.3, -0.25) is 24.4 Å². The molecule has 0 aliphatic carbocycles. The Hall–Kier alpha value is -3.23. The maximum Gasteiger partial charge on any atom is 0.273 e. The topological polar surface area (TPSA) is 90.4 Å². The van der Waals surface area contributed by atoms with Crippen LogP contribution in [0.2, 0.25) is 0 Å². The van der Waals surface area contributed by atoms with Crippen LogP contribution in [0.1, 0.15) is 11.6 Å². The number of aromatic amines is 1. The minimum atomic E-state index is -0.389. The van der Waals surface area contributed by atoms with E-state index in [0.717, 1.165) is 36.4 Å². The summed E-state index contributed by atoms with van der Waals surface area (Å²) >= 11 is 0. The molecule has 4 rings (SSSR count). The molecule has 31 heavy (non-hydrogen) atoms. The summed E-state index contributed by atoms with van der Waals surface area (Å²) in [5, 5.41) is 6.20. The number of hydrogen-bond donors (Lipinski definition) is 2. The molecular formula is C23H27N5O3. The van der Waals surface area contributed by atoms with E-state index in [4.69, 9.17) is 0 Å². The Morgan fingerprint density at radius 1 is 0.968 bits per heavy atom. The van der Waals surface area contributed by atoms with Crippen LogP contribution in [-0.2, 0) is 11.3 Å². The molecule has 1 aliphatic rings. The molecule has 2 aromatic carbocycles. The van der Waals surface area contributed by atoms with Crippen LogP contribution < -0.4 is 16.4 Å². The van der Waals surface area contributed by atoms with Gasteiger partial charge in [0.15, 0.2) is 0 Å². The molecule has 3 aromatic rings. The van der Waals surface area contributed by atoms with Gasteiger partial charge < -0.3 is 10.2 Å².